The monoisotopic (exact) mass is 144 g/mol. The van der Waals surface area contributed by atoms with Gasteiger partial charge in [-0.1, -0.05) is 0 Å². The molecule has 0 aliphatic carbocycles. The Kier molecular flexibility index (Phi) is 2.11. The predicted molar refractivity (Wildman–Crippen MR) is 33.7 cm³/mol. The lowest BCUT2D eigenvalue weighted by Gasteiger charge is -1.91. The van der Waals surface area contributed by atoms with Crippen molar-refractivity contribution in [1.29, 1.82) is 0 Å². The second-order valence-corrected chi connectivity index (χ2v) is 1.54. The first kappa shape index (κ1) is 6.88. The van der Waals surface area contributed by atoms with Crippen molar-refractivity contribution >= 4 is 5.88 Å². The SMILES string of the molecule is CONc1cc(OC)no1. The van der Waals surface area contributed by atoms with Gasteiger partial charge >= 0.3 is 0 Å². The molecule has 0 radical (unpaired) electrons. The number of hydrogen-bond donors (Lipinski definition) is 1. The van der Waals surface area contributed by atoms with Crippen molar-refractivity contribution in [2.45, 2.75) is 0 Å². The predicted octanol–water partition coefficient (Wildman–Crippen LogP) is 0.657. The first-order valence-corrected chi connectivity index (χ1v) is 2.66. The van der Waals surface area contributed by atoms with Crippen LogP contribution in [0.5, 0.6) is 5.88 Å². The first-order valence-electron chi connectivity index (χ1n) is 2.66. The van der Waals surface area contributed by atoms with E-state index < -0.39 is 0 Å². The summed E-state index contributed by atoms with van der Waals surface area (Å²) in [6.45, 7) is 0. The lowest BCUT2D eigenvalue weighted by atomic mass is 10.6. The standard InChI is InChI=1S/C5H8N2O3/c1-8-4-3-5(6-9-2)10-7-4/h3,6H,1-2H3. The summed E-state index contributed by atoms with van der Waals surface area (Å²) < 4.78 is 9.43. The number of anilines is 1. The van der Waals surface area contributed by atoms with E-state index in [1.54, 1.807) is 6.07 Å². The van der Waals surface area contributed by atoms with Crippen molar-refractivity contribution < 1.29 is 14.1 Å². The van der Waals surface area contributed by atoms with Gasteiger partial charge in [0, 0.05) is 0 Å². The van der Waals surface area contributed by atoms with E-state index in [0.29, 0.717) is 11.8 Å². The fourth-order valence-corrected chi connectivity index (χ4v) is 0.504. The average Bonchev–Trinajstić information content (AvgIpc) is 2.37. The van der Waals surface area contributed by atoms with Gasteiger partial charge in [0.15, 0.2) is 0 Å². The Labute approximate surface area is 57.9 Å². The van der Waals surface area contributed by atoms with Crippen molar-refractivity contribution in [1.82, 2.24) is 5.16 Å². The molecule has 1 aromatic heterocycles. The van der Waals surface area contributed by atoms with Gasteiger partial charge in [0.2, 0.25) is 0 Å². The molecule has 1 aromatic rings. The van der Waals surface area contributed by atoms with Gasteiger partial charge in [-0.3, -0.25) is 4.84 Å². The van der Waals surface area contributed by atoms with Crippen LogP contribution in [-0.2, 0) is 4.84 Å². The molecule has 5 heteroatoms. The number of hydrogen-bond acceptors (Lipinski definition) is 5. The Morgan fingerprint density at radius 1 is 1.60 bits per heavy atom. The van der Waals surface area contributed by atoms with Crippen LogP contribution < -0.4 is 10.2 Å². The molecule has 0 unspecified atom stereocenters. The number of rotatable bonds is 3. The number of aromatic nitrogens is 1. The molecule has 1 heterocycles. The number of nitrogens with zero attached hydrogens (tertiary/aromatic N) is 1. The maximum atomic E-state index is 4.74. The van der Waals surface area contributed by atoms with E-state index in [1.165, 1.54) is 14.2 Å². The van der Waals surface area contributed by atoms with Crippen LogP contribution in [0.25, 0.3) is 0 Å². The van der Waals surface area contributed by atoms with E-state index in [9.17, 15) is 0 Å². The molecular formula is C5H8N2O3. The summed E-state index contributed by atoms with van der Waals surface area (Å²) in [4.78, 5) is 4.55. The molecule has 0 amide bonds. The molecule has 0 aliphatic heterocycles. The zero-order chi connectivity index (χ0) is 7.40. The maximum Gasteiger partial charge on any atom is 0.256 e. The summed E-state index contributed by atoms with van der Waals surface area (Å²) in [5.74, 6) is 0.832. The topological polar surface area (TPSA) is 56.5 Å². The molecule has 0 aliphatic rings. The third-order valence-corrected chi connectivity index (χ3v) is 0.900. The Morgan fingerprint density at radius 3 is 2.90 bits per heavy atom. The molecule has 0 bridgehead atoms. The fraction of sp³-hybridized carbons (Fsp3) is 0.400. The second kappa shape index (κ2) is 3.07. The Morgan fingerprint density at radius 2 is 2.40 bits per heavy atom. The van der Waals surface area contributed by atoms with Gasteiger partial charge in [-0.05, 0) is 5.16 Å². The van der Waals surface area contributed by atoms with Crippen LogP contribution in [0.3, 0.4) is 0 Å². The highest BCUT2D eigenvalue weighted by Gasteiger charge is 2.00. The second-order valence-electron chi connectivity index (χ2n) is 1.54. The van der Waals surface area contributed by atoms with Gasteiger partial charge in [0.05, 0.1) is 20.3 Å². The molecule has 0 saturated heterocycles. The van der Waals surface area contributed by atoms with Crippen LogP contribution in [0.2, 0.25) is 0 Å². The van der Waals surface area contributed by atoms with Gasteiger partial charge in [-0.2, -0.15) is 0 Å². The smallest absolute Gasteiger partial charge is 0.256 e. The summed E-state index contributed by atoms with van der Waals surface area (Å²) >= 11 is 0. The first-order chi connectivity index (χ1) is 4.86. The minimum absolute atomic E-state index is 0.416. The minimum atomic E-state index is 0.416. The van der Waals surface area contributed by atoms with Crippen LogP contribution >= 0.6 is 0 Å². The Balaban J connectivity index is 2.59. The third-order valence-electron chi connectivity index (χ3n) is 0.900. The summed E-state index contributed by atoms with van der Waals surface area (Å²) in [6.07, 6.45) is 0. The Bertz CT molecular complexity index is 199. The van der Waals surface area contributed by atoms with Gasteiger partial charge in [0.25, 0.3) is 11.8 Å². The summed E-state index contributed by atoms with van der Waals surface area (Å²) in [7, 11) is 2.99. The van der Waals surface area contributed by atoms with Crippen LogP contribution in [0.15, 0.2) is 10.6 Å². The zero-order valence-electron chi connectivity index (χ0n) is 5.75. The van der Waals surface area contributed by atoms with Crippen molar-refractivity contribution in [2.24, 2.45) is 0 Å². The largest absolute Gasteiger partial charge is 0.479 e. The molecule has 0 fully saturated rings. The van der Waals surface area contributed by atoms with E-state index in [4.69, 9.17) is 4.74 Å². The quantitative estimate of drug-likeness (QED) is 0.631. The van der Waals surface area contributed by atoms with Crippen LogP contribution in [0, 0.1) is 0 Å². The van der Waals surface area contributed by atoms with E-state index in [2.05, 4.69) is 20.0 Å². The highest BCUT2D eigenvalue weighted by atomic mass is 16.7. The van der Waals surface area contributed by atoms with Gasteiger partial charge in [-0.15, -0.1) is 0 Å². The summed E-state index contributed by atoms with van der Waals surface area (Å²) in [6, 6.07) is 1.57. The number of ether oxygens (including phenoxy) is 1. The molecule has 0 atom stereocenters. The van der Waals surface area contributed by atoms with E-state index in [1.807, 2.05) is 0 Å². The molecule has 0 spiro atoms. The number of methoxy groups -OCH3 is 1. The average molecular weight is 144 g/mol. The highest BCUT2D eigenvalue weighted by molar-refractivity contribution is 5.31. The normalized spacial score (nSPS) is 9.40. The van der Waals surface area contributed by atoms with Crippen LogP contribution in [0.4, 0.5) is 5.88 Å². The van der Waals surface area contributed by atoms with Gasteiger partial charge < -0.3 is 9.26 Å². The van der Waals surface area contributed by atoms with Crippen LogP contribution in [0.1, 0.15) is 0 Å². The molecule has 1 N–H and O–H groups in total. The van der Waals surface area contributed by atoms with Crippen molar-refractivity contribution in [3.05, 3.63) is 6.07 Å². The van der Waals surface area contributed by atoms with E-state index >= 15 is 0 Å². The molecule has 56 valence electrons. The zero-order valence-corrected chi connectivity index (χ0v) is 5.75. The minimum Gasteiger partial charge on any atom is -0.479 e. The summed E-state index contributed by atoms with van der Waals surface area (Å²) in [5, 5.41) is 3.51. The molecule has 10 heavy (non-hydrogen) atoms. The third kappa shape index (κ3) is 1.38. The van der Waals surface area contributed by atoms with Crippen molar-refractivity contribution in [3.63, 3.8) is 0 Å². The lowest BCUT2D eigenvalue weighted by molar-refractivity contribution is 0.248. The molecule has 0 saturated carbocycles. The van der Waals surface area contributed by atoms with Crippen molar-refractivity contribution in [2.75, 3.05) is 19.7 Å². The van der Waals surface area contributed by atoms with Gasteiger partial charge in [-0.25, -0.2) is 5.48 Å². The van der Waals surface area contributed by atoms with Crippen LogP contribution in [-0.4, -0.2) is 19.4 Å². The molecule has 0 aromatic carbocycles. The fourth-order valence-electron chi connectivity index (χ4n) is 0.504. The molecular weight excluding hydrogens is 136 g/mol. The molecule has 5 nitrogen and oxygen atoms in total. The maximum absolute atomic E-state index is 4.74. The summed E-state index contributed by atoms with van der Waals surface area (Å²) in [5.41, 5.74) is 2.45. The Hall–Kier alpha value is -1.23. The molecule has 1 rings (SSSR count). The lowest BCUT2D eigenvalue weighted by Crippen LogP contribution is -1.92. The highest BCUT2D eigenvalue weighted by Crippen LogP contribution is 2.14. The van der Waals surface area contributed by atoms with Crippen molar-refractivity contribution in [3.8, 4) is 5.88 Å². The van der Waals surface area contributed by atoms with E-state index in [0.717, 1.165) is 0 Å². The van der Waals surface area contributed by atoms with Gasteiger partial charge in [0.1, 0.15) is 0 Å². The number of nitrogens with one attached hydrogen (secondary N) is 1. The van der Waals surface area contributed by atoms with E-state index in [-0.39, 0.29) is 0 Å².